The van der Waals surface area contributed by atoms with Gasteiger partial charge in [-0.05, 0) is 50.6 Å². The van der Waals surface area contributed by atoms with Crippen molar-refractivity contribution in [1.29, 1.82) is 0 Å². The molecule has 0 aliphatic carbocycles. The van der Waals surface area contributed by atoms with Crippen LogP contribution in [0.5, 0.6) is 0 Å². The first-order chi connectivity index (χ1) is 15.7. The third-order valence-corrected chi connectivity index (χ3v) is 5.99. The molecule has 9 nitrogen and oxygen atoms in total. The van der Waals surface area contributed by atoms with Crippen LogP contribution in [0.3, 0.4) is 0 Å². The molecule has 2 heterocycles. The quantitative estimate of drug-likeness (QED) is 0.366. The molecule has 1 aliphatic heterocycles. The lowest BCUT2D eigenvalue weighted by molar-refractivity contribution is -0.384. The summed E-state index contributed by atoms with van der Waals surface area (Å²) in [6, 6.07) is 8.10. The molecule has 0 radical (unpaired) electrons. The van der Waals surface area contributed by atoms with E-state index < -0.39 is 16.8 Å². The van der Waals surface area contributed by atoms with E-state index in [1.165, 1.54) is 12.1 Å². The summed E-state index contributed by atoms with van der Waals surface area (Å²) < 4.78 is 6.96. The number of non-ortho nitro benzene ring substituents is 1. The predicted octanol–water partition coefficient (Wildman–Crippen LogP) is 4.80. The number of aliphatic imine (C=N–C) groups is 1. The Morgan fingerprint density at radius 1 is 1.24 bits per heavy atom. The summed E-state index contributed by atoms with van der Waals surface area (Å²) in [5.41, 5.74) is 3.10. The lowest BCUT2D eigenvalue weighted by Gasteiger charge is -2.09. The van der Waals surface area contributed by atoms with E-state index in [-0.39, 0.29) is 35.1 Å². The molecule has 10 heteroatoms. The van der Waals surface area contributed by atoms with Crippen LogP contribution in [0.2, 0.25) is 0 Å². The van der Waals surface area contributed by atoms with Crippen molar-refractivity contribution < 1.29 is 24.4 Å². The largest absolute Gasteiger partial charge is 0.506 e. The second-order valence-corrected chi connectivity index (χ2v) is 8.19. The number of aliphatic hydroxyl groups is 1. The topological polar surface area (TPSA) is 124 Å². The van der Waals surface area contributed by atoms with Gasteiger partial charge in [-0.2, -0.15) is 0 Å². The van der Waals surface area contributed by atoms with E-state index in [1.54, 1.807) is 32.1 Å². The van der Waals surface area contributed by atoms with Crippen LogP contribution in [0.4, 0.5) is 5.69 Å². The SMILES string of the molecule is CCOC(=O)C1=C(O)/C(=C/c2cc(C)n(-c3ccc([N+](=O)[O-])cc3)c2C)SC1=NC(=O)CC. The fraction of sp³-hybridized carbons (Fsp3) is 0.261. The Hall–Kier alpha value is -3.66. The van der Waals surface area contributed by atoms with Gasteiger partial charge in [0.2, 0.25) is 5.91 Å². The molecular formula is C23H23N3O6S. The van der Waals surface area contributed by atoms with Crippen LogP contribution < -0.4 is 0 Å². The van der Waals surface area contributed by atoms with Crippen molar-refractivity contribution in [3.05, 3.63) is 73.6 Å². The number of aliphatic hydroxyl groups excluding tert-OH is 1. The molecule has 1 N–H and O–H groups in total. The van der Waals surface area contributed by atoms with E-state index in [2.05, 4.69) is 4.99 Å². The average Bonchev–Trinajstić information content (AvgIpc) is 3.23. The number of hydrogen-bond donors (Lipinski definition) is 1. The molecule has 1 aliphatic rings. The standard InChI is InChI=1S/C23H23N3O6S/c1-5-19(27)24-22-20(23(29)32-6-2)21(28)18(33-22)12-15-11-13(3)25(14(15)4)16-7-9-17(10-8-16)26(30)31/h7-12,28H,5-6H2,1-4H3/b18-12-,24-22?. The first kappa shape index (κ1) is 24.0. The van der Waals surface area contributed by atoms with Crippen LogP contribution >= 0.6 is 11.8 Å². The van der Waals surface area contributed by atoms with Gasteiger partial charge in [0, 0.05) is 35.6 Å². The smallest absolute Gasteiger partial charge is 0.344 e. The fourth-order valence-electron chi connectivity index (χ4n) is 3.38. The van der Waals surface area contributed by atoms with E-state index in [9.17, 15) is 24.8 Å². The molecule has 0 fully saturated rings. The van der Waals surface area contributed by atoms with Crippen molar-refractivity contribution in [2.75, 3.05) is 6.61 Å². The summed E-state index contributed by atoms with van der Waals surface area (Å²) in [6.45, 7) is 7.19. The van der Waals surface area contributed by atoms with Crippen molar-refractivity contribution in [2.24, 2.45) is 4.99 Å². The second kappa shape index (κ2) is 9.86. The summed E-state index contributed by atoms with van der Waals surface area (Å²) in [6.07, 6.45) is 1.87. The lowest BCUT2D eigenvalue weighted by Crippen LogP contribution is -2.14. The van der Waals surface area contributed by atoms with Crippen LogP contribution in [-0.2, 0) is 14.3 Å². The second-order valence-electron chi connectivity index (χ2n) is 7.15. The monoisotopic (exact) mass is 469 g/mol. The minimum atomic E-state index is -0.745. The zero-order chi connectivity index (χ0) is 24.3. The van der Waals surface area contributed by atoms with Gasteiger partial charge in [-0.25, -0.2) is 9.79 Å². The number of carbonyl (C=O) groups is 2. The van der Waals surface area contributed by atoms with Gasteiger partial charge in [-0.3, -0.25) is 14.9 Å². The fourth-order valence-corrected chi connectivity index (χ4v) is 4.40. The third-order valence-electron chi connectivity index (χ3n) is 4.97. The summed E-state index contributed by atoms with van der Waals surface area (Å²) in [5.74, 6) is -1.45. The van der Waals surface area contributed by atoms with E-state index in [0.717, 1.165) is 34.4 Å². The summed E-state index contributed by atoms with van der Waals surface area (Å²) >= 11 is 1.03. The number of ether oxygens (including phenoxy) is 1. The summed E-state index contributed by atoms with van der Waals surface area (Å²) in [7, 11) is 0. The zero-order valence-corrected chi connectivity index (χ0v) is 19.4. The van der Waals surface area contributed by atoms with Crippen LogP contribution in [0.1, 0.15) is 37.2 Å². The van der Waals surface area contributed by atoms with E-state index in [4.69, 9.17) is 4.74 Å². The number of aryl methyl sites for hydroxylation is 1. The maximum Gasteiger partial charge on any atom is 0.344 e. The van der Waals surface area contributed by atoms with Crippen molar-refractivity contribution in [3.63, 3.8) is 0 Å². The van der Waals surface area contributed by atoms with Gasteiger partial charge in [0.1, 0.15) is 16.4 Å². The minimum absolute atomic E-state index is 0.000840. The number of nitrogens with zero attached hydrogens (tertiary/aromatic N) is 3. The van der Waals surface area contributed by atoms with Gasteiger partial charge in [-0.15, -0.1) is 0 Å². The third kappa shape index (κ3) is 4.90. The highest BCUT2D eigenvalue weighted by Crippen LogP contribution is 2.40. The summed E-state index contributed by atoms with van der Waals surface area (Å²) in [5, 5.41) is 21.8. The van der Waals surface area contributed by atoms with Crippen LogP contribution in [0.25, 0.3) is 11.8 Å². The Balaban J connectivity index is 2.05. The van der Waals surface area contributed by atoms with Crippen molar-refractivity contribution in [3.8, 4) is 5.69 Å². The molecular weight excluding hydrogens is 446 g/mol. The van der Waals surface area contributed by atoms with Crippen molar-refractivity contribution in [2.45, 2.75) is 34.1 Å². The summed E-state index contributed by atoms with van der Waals surface area (Å²) in [4.78, 5) is 39.1. The molecule has 1 aromatic heterocycles. The van der Waals surface area contributed by atoms with E-state index in [0.29, 0.717) is 4.91 Å². The highest BCUT2D eigenvalue weighted by Gasteiger charge is 2.34. The molecule has 3 rings (SSSR count). The number of rotatable bonds is 6. The molecule has 0 bridgehead atoms. The van der Waals surface area contributed by atoms with Gasteiger partial charge < -0.3 is 14.4 Å². The van der Waals surface area contributed by atoms with E-state index >= 15 is 0 Å². The molecule has 0 spiro atoms. The number of esters is 1. The minimum Gasteiger partial charge on any atom is -0.506 e. The highest BCUT2D eigenvalue weighted by atomic mass is 32.2. The van der Waals surface area contributed by atoms with Crippen molar-refractivity contribution >= 4 is 40.4 Å². The highest BCUT2D eigenvalue weighted by molar-refractivity contribution is 8.18. The van der Waals surface area contributed by atoms with Gasteiger partial charge in [0.25, 0.3) is 5.69 Å². The van der Waals surface area contributed by atoms with Gasteiger partial charge in [-0.1, -0.05) is 18.7 Å². The average molecular weight is 470 g/mol. The number of thioether (sulfide) groups is 1. The van der Waals surface area contributed by atoms with Crippen LogP contribution in [-0.4, -0.2) is 38.1 Å². The molecule has 33 heavy (non-hydrogen) atoms. The Bertz CT molecular complexity index is 1220. The Morgan fingerprint density at radius 3 is 2.48 bits per heavy atom. The lowest BCUT2D eigenvalue weighted by atomic mass is 10.2. The van der Waals surface area contributed by atoms with E-state index in [1.807, 2.05) is 24.5 Å². The molecule has 0 atom stereocenters. The Labute approximate surface area is 194 Å². The van der Waals surface area contributed by atoms with Gasteiger partial charge >= 0.3 is 5.97 Å². The zero-order valence-electron chi connectivity index (χ0n) is 18.6. The van der Waals surface area contributed by atoms with Gasteiger partial charge in [0.05, 0.1) is 16.4 Å². The number of nitro groups is 1. The molecule has 0 unspecified atom stereocenters. The Morgan fingerprint density at radius 2 is 1.91 bits per heavy atom. The molecule has 172 valence electrons. The molecule has 2 aromatic rings. The molecule has 1 aromatic carbocycles. The molecule has 0 saturated carbocycles. The van der Waals surface area contributed by atoms with Crippen LogP contribution in [0, 0.1) is 24.0 Å². The number of carbonyl (C=O) groups excluding carboxylic acids is 2. The number of amides is 1. The van der Waals surface area contributed by atoms with Crippen LogP contribution in [0.15, 0.2) is 51.6 Å². The number of benzene rings is 1. The predicted molar refractivity (Wildman–Crippen MR) is 126 cm³/mol. The first-order valence-corrected chi connectivity index (χ1v) is 11.1. The maximum atomic E-state index is 12.4. The normalized spacial score (nSPS) is 16.0. The number of nitro benzene ring substituents is 1. The van der Waals surface area contributed by atoms with Gasteiger partial charge in [0.15, 0.2) is 0 Å². The Kier molecular flexibility index (Phi) is 7.17. The number of aromatic nitrogens is 1. The first-order valence-electron chi connectivity index (χ1n) is 10.2. The molecule has 1 amide bonds. The van der Waals surface area contributed by atoms with Crippen molar-refractivity contribution in [1.82, 2.24) is 4.57 Å². The maximum absolute atomic E-state index is 12.4. The number of hydrogen-bond acceptors (Lipinski definition) is 7. The molecule has 0 saturated heterocycles.